The number of para-hydroxylation sites is 1. The lowest BCUT2D eigenvalue weighted by molar-refractivity contribution is -0.138. The van der Waals surface area contributed by atoms with E-state index in [1.54, 1.807) is 36.0 Å². The molecule has 0 saturated carbocycles. The zero-order valence-electron chi connectivity index (χ0n) is 11.0. The average molecular weight is 270 g/mol. The van der Waals surface area contributed by atoms with Crippen LogP contribution in [0.25, 0.3) is 0 Å². The minimum Gasteiger partial charge on any atom is -0.480 e. The molecular formula is C15H14N2O3. The predicted molar refractivity (Wildman–Crippen MR) is 73.8 cm³/mol. The maximum absolute atomic E-state index is 12.6. The number of benzene rings is 1. The fraction of sp³-hybridized carbons (Fsp3) is 0.200. The molecule has 0 fully saturated rings. The van der Waals surface area contributed by atoms with Crippen LogP contribution in [0, 0.1) is 0 Å². The van der Waals surface area contributed by atoms with E-state index in [1.807, 2.05) is 18.2 Å². The fourth-order valence-corrected chi connectivity index (χ4v) is 2.64. The highest BCUT2D eigenvalue weighted by Crippen LogP contribution is 2.33. The number of carbonyl (C=O) groups excluding carboxylic acids is 1. The molecule has 1 unspecified atom stereocenters. The molecule has 0 aliphatic carbocycles. The number of aromatic nitrogens is 1. The molecule has 1 aromatic heterocycles. The molecule has 1 aromatic carbocycles. The van der Waals surface area contributed by atoms with Crippen molar-refractivity contribution in [1.29, 1.82) is 0 Å². The number of anilines is 1. The Labute approximate surface area is 116 Å². The third-order valence-corrected chi connectivity index (χ3v) is 3.64. The monoisotopic (exact) mass is 270 g/mol. The zero-order valence-corrected chi connectivity index (χ0v) is 11.0. The van der Waals surface area contributed by atoms with E-state index >= 15 is 0 Å². The highest BCUT2D eigenvalue weighted by Gasteiger charge is 2.39. The van der Waals surface area contributed by atoms with Crippen LogP contribution in [0.3, 0.4) is 0 Å². The van der Waals surface area contributed by atoms with Crippen molar-refractivity contribution in [3.05, 3.63) is 53.9 Å². The Bertz CT molecular complexity index is 690. The highest BCUT2D eigenvalue weighted by molar-refractivity contribution is 6.10. The van der Waals surface area contributed by atoms with E-state index in [2.05, 4.69) is 0 Å². The molecule has 5 heteroatoms. The van der Waals surface area contributed by atoms with Gasteiger partial charge in [0.1, 0.15) is 11.7 Å². The molecule has 1 amide bonds. The lowest BCUT2D eigenvalue weighted by atomic mass is 10.1. The van der Waals surface area contributed by atoms with Gasteiger partial charge in [0.2, 0.25) is 0 Å². The Hall–Kier alpha value is -2.56. The Kier molecular flexibility index (Phi) is 2.82. The minimum absolute atomic E-state index is 0.283. The molecular weight excluding hydrogens is 256 g/mol. The Morgan fingerprint density at radius 1 is 1.20 bits per heavy atom. The maximum atomic E-state index is 12.6. The summed E-state index contributed by atoms with van der Waals surface area (Å²) in [5.74, 6) is -1.27. The third-order valence-electron chi connectivity index (χ3n) is 3.64. The van der Waals surface area contributed by atoms with Crippen molar-refractivity contribution in [3.8, 4) is 0 Å². The van der Waals surface area contributed by atoms with Gasteiger partial charge in [-0.3, -0.25) is 9.69 Å². The van der Waals surface area contributed by atoms with Crippen molar-refractivity contribution in [2.24, 2.45) is 7.05 Å². The molecule has 0 spiro atoms. The number of carbonyl (C=O) groups is 2. The molecule has 5 nitrogen and oxygen atoms in total. The molecule has 2 heterocycles. The topological polar surface area (TPSA) is 62.5 Å². The molecule has 0 radical (unpaired) electrons. The standard InChI is InChI=1S/C15H14N2O3/c1-16-8-4-7-12(16)14(18)17-11-6-3-2-5-10(11)9-13(17)15(19)20/h2-8,13H,9H2,1H3,(H,19,20). The fourth-order valence-electron chi connectivity index (χ4n) is 2.64. The lowest BCUT2D eigenvalue weighted by Gasteiger charge is -2.22. The molecule has 2 aromatic rings. The summed E-state index contributed by atoms with van der Waals surface area (Å²) < 4.78 is 1.70. The number of rotatable bonds is 2. The van der Waals surface area contributed by atoms with E-state index in [1.165, 1.54) is 4.90 Å². The third kappa shape index (κ3) is 1.79. The Balaban J connectivity index is 2.07. The van der Waals surface area contributed by atoms with Crippen LogP contribution < -0.4 is 4.90 Å². The summed E-state index contributed by atoms with van der Waals surface area (Å²) in [6, 6.07) is 9.95. The van der Waals surface area contributed by atoms with Gasteiger partial charge in [-0.05, 0) is 23.8 Å². The van der Waals surface area contributed by atoms with E-state index < -0.39 is 12.0 Å². The number of hydrogen-bond donors (Lipinski definition) is 1. The van der Waals surface area contributed by atoms with Gasteiger partial charge < -0.3 is 9.67 Å². The first-order valence-electron chi connectivity index (χ1n) is 6.35. The average Bonchev–Trinajstić information content (AvgIpc) is 3.01. The second-order valence-corrected chi connectivity index (χ2v) is 4.87. The molecule has 0 bridgehead atoms. The van der Waals surface area contributed by atoms with Crippen LogP contribution in [0.2, 0.25) is 0 Å². The molecule has 1 N–H and O–H groups in total. The zero-order chi connectivity index (χ0) is 14.3. The molecule has 0 saturated heterocycles. The molecule has 1 aliphatic rings. The van der Waals surface area contributed by atoms with Crippen LogP contribution >= 0.6 is 0 Å². The number of nitrogens with zero attached hydrogens (tertiary/aromatic N) is 2. The Morgan fingerprint density at radius 3 is 2.60 bits per heavy atom. The number of carboxylic acid groups (broad SMARTS) is 1. The molecule has 1 aliphatic heterocycles. The smallest absolute Gasteiger partial charge is 0.327 e. The van der Waals surface area contributed by atoms with Crippen molar-refractivity contribution in [2.45, 2.75) is 12.5 Å². The predicted octanol–water partition coefficient (Wildman–Crippen LogP) is 1.68. The molecule has 102 valence electrons. The van der Waals surface area contributed by atoms with Crippen molar-refractivity contribution >= 4 is 17.6 Å². The van der Waals surface area contributed by atoms with Crippen LogP contribution in [0.4, 0.5) is 5.69 Å². The van der Waals surface area contributed by atoms with Gasteiger partial charge in [-0.25, -0.2) is 4.79 Å². The van der Waals surface area contributed by atoms with E-state index in [-0.39, 0.29) is 5.91 Å². The first-order valence-corrected chi connectivity index (χ1v) is 6.35. The minimum atomic E-state index is -0.983. The normalized spacial score (nSPS) is 17.1. The first kappa shape index (κ1) is 12.5. The quantitative estimate of drug-likeness (QED) is 0.903. The second kappa shape index (κ2) is 4.52. The van der Waals surface area contributed by atoms with E-state index in [4.69, 9.17) is 0 Å². The van der Waals surface area contributed by atoms with Gasteiger partial charge in [0, 0.05) is 25.4 Å². The summed E-state index contributed by atoms with van der Waals surface area (Å²) in [6.45, 7) is 0. The van der Waals surface area contributed by atoms with E-state index in [0.717, 1.165) is 5.56 Å². The molecule has 20 heavy (non-hydrogen) atoms. The lowest BCUT2D eigenvalue weighted by Crippen LogP contribution is -2.43. The molecule has 1 atom stereocenters. The van der Waals surface area contributed by atoms with Crippen LogP contribution in [-0.4, -0.2) is 27.6 Å². The number of fused-ring (bicyclic) bond motifs is 1. The van der Waals surface area contributed by atoms with E-state index in [0.29, 0.717) is 17.8 Å². The largest absolute Gasteiger partial charge is 0.480 e. The summed E-state index contributed by atoms with van der Waals surface area (Å²) in [7, 11) is 1.77. The van der Waals surface area contributed by atoms with Gasteiger partial charge in [-0.1, -0.05) is 18.2 Å². The first-order chi connectivity index (χ1) is 9.59. The van der Waals surface area contributed by atoms with Crippen molar-refractivity contribution < 1.29 is 14.7 Å². The van der Waals surface area contributed by atoms with Gasteiger partial charge in [0.15, 0.2) is 0 Å². The van der Waals surface area contributed by atoms with Gasteiger partial charge in [-0.15, -0.1) is 0 Å². The number of amides is 1. The number of hydrogen-bond acceptors (Lipinski definition) is 2. The van der Waals surface area contributed by atoms with Crippen molar-refractivity contribution in [3.63, 3.8) is 0 Å². The van der Waals surface area contributed by atoms with E-state index in [9.17, 15) is 14.7 Å². The number of aliphatic carboxylic acids is 1. The summed E-state index contributed by atoms with van der Waals surface area (Å²) >= 11 is 0. The van der Waals surface area contributed by atoms with Gasteiger partial charge in [0.25, 0.3) is 5.91 Å². The maximum Gasteiger partial charge on any atom is 0.327 e. The van der Waals surface area contributed by atoms with Crippen LogP contribution in [0.5, 0.6) is 0 Å². The number of carboxylic acids is 1. The van der Waals surface area contributed by atoms with Crippen LogP contribution in [0.15, 0.2) is 42.6 Å². The van der Waals surface area contributed by atoms with Gasteiger partial charge in [0.05, 0.1) is 0 Å². The summed E-state index contributed by atoms with van der Waals surface area (Å²) in [5.41, 5.74) is 2.06. The molecule has 3 rings (SSSR count). The summed E-state index contributed by atoms with van der Waals surface area (Å²) in [5, 5.41) is 9.37. The van der Waals surface area contributed by atoms with Gasteiger partial charge in [-0.2, -0.15) is 0 Å². The van der Waals surface area contributed by atoms with Crippen LogP contribution in [-0.2, 0) is 18.3 Å². The van der Waals surface area contributed by atoms with Gasteiger partial charge >= 0.3 is 5.97 Å². The van der Waals surface area contributed by atoms with Crippen molar-refractivity contribution in [2.75, 3.05) is 4.90 Å². The second-order valence-electron chi connectivity index (χ2n) is 4.87. The van der Waals surface area contributed by atoms with Crippen molar-refractivity contribution in [1.82, 2.24) is 4.57 Å². The van der Waals surface area contributed by atoms with Crippen LogP contribution in [0.1, 0.15) is 16.1 Å². The number of aryl methyl sites for hydroxylation is 1. The Morgan fingerprint density at radius 2 is 1.95 bits per heavy atom. The summed E-state index contributed by atoms with van der Waals surface area (Å²) in [6.07, 6.45) is 2.12. The highest BCUT2D eigenvalue weighted by atomic mass is 16.4. The SMILES string of the molecule is Cn1cccc1C(=O)N1c2ccccc2CC1C(=O)O. The summed E-state index contributed by atoms with van der Waals surface area (Å²) in [4.78, 5) is 25.5.